The van der Waals surface area contributed by atoms with Gasteiger partial charge in [-0.1, -0.05) is 6.92 Å². The molecule has 0 aliphatic carbocycles. The van der Waals surface area contributed by atoms with Crippen molar-refractivity contribution in [3.05, 3.63) is 46.4 Å². The fourth-order valence-corrected chi connectivity index (χ4v) is 3.16. The summed E-state index contributed by atoms with van der Waals surface area (Å²) >= 11 is 0. The minimum absolute atomic E-state index is 0.0722. The lowest BCUT2D eigenvalue weighted by atomic mass is 9.95. The van der Waals surface area contributed by atoms with Crippen molar-refractivity contribution in [3.8, 4) is 0 Å². The monoisotopic (exact) mass is 353 g/mol. The molecule has 8 heteroatoms. The van der Waals surface area contributed by atoms with Crippen molar-refractivity contribution in [2.45, 2.75) is 32.4 Å². The summed E-state index contributed by atoms with van der Waals surface area (Å²) in [5.74, 6) is -3.93. The highest BCUT2D eigenvalue weighted by Gasteiger charge is 2.44. The molecule has 2 aliphatic rings. The van der Waals surface area contributed by atoms with E-state index in [0.29, 0.717) is 24.3 Å². The number of likely N-dealkylation sites (N-methyl/N-ethyl adjacent to an activating group) is 1. The molecule has 3 amide bonds. The van der Waals surface area contributed by atoms with Crippen LogP contribution in [-0.2, 0) is 4.79 Å². The van der Waals surface area contributed by atoms with E-state index in [0.717, 1.165) is 0 Å². The number of nitrogens with one attached hydrogen (secondary N) is 1. The molecule has 2 aliphatic heterocycles. The van der Waals surface area contributed by atoms with Gasteiger partial charge in [-0.2, -0.15) is 0 Å². The number of urea groups is 1. The van der Waals surface area contributed by atoms with Crippen LogP contribution in [0.25, 0.3) is 0 Å². The van der Waals surface area contributed by atoms with Crippen LogP contribution in [0.15, 0.2) is 23.4 Å². The molecular formula is C17H18F3N3O2. The number of carbonyl (C=O) groups is 2. The van der Waals surface area contributed by atoms with E-state index in [1.807, 2.05) is 13.8 Å². The maximum absolute atomic E-state index is 14.2. The van der Waals surface area contributed by atoms with Crippen molar-refractivity contribution in [2.24, 2.45) is 0 Å². The van der Waals surface area contributed by atoms with E-state index in [1.54, 1.807) is 4.90 Å². The third-order valence-corrected chi connectivity index (χ3v) is 4.86. The molecule has 0 unspecified atom stereocenters. The van der Waals surface area contributed by atoms with Crippen molar-refractivity contribution in [3.63, 3.8) is 0 Å². The normalized spacial score (nSPS) is 21.6. The van der Waals surface area contributed by atoms with Crippen LogP contribution in [0.4, 0.5) is 18.0 Å². The van der Waals surface area contributed by atoms with E-state index in [2.05, 4.69) is 5.32 Å². The first kappa shape index (κ1) is 17.3. The van der Waals surface area contributed by atoms with Gasteiger partial charge in [0.2, 0.25) is 0 Å². The molecule has 25 heavy (non-hydrogen) atoms. The maximum Gasteiger partial charge on any atom is 0.322 e. The van der Waals surface area contributed by atoms with Crippen molar-refractivity contribution in [1.82, 2.24) is 15.1 Å². The first-order chi connectivity index (χ1) is 11.8. The van der Waals surface area contributed by atoms with Crippen LogP contribution in [0.1, 0.15) is 31.9 Å². The summed E-state index contributed by atoms with van der Waals surface area (Å²) in [6.45, 7) is 4.02. The molecule has 1 aromatic carbocycles. The molecule has 0 spiro atoms. The molecule has 2 heterocycles. The summed E-state index contributed by atoms with van der Waals surface area (Å²) in [5.41, 5.74) is 0.364. The summed E-state index contributed by atoms with van der Waals surface area (Å²) in [5, 5.41) is 2.50. The number of hydrogen-bond acceptors (Lipinski definition) is 2. The molecular weight excluding hydrogens is 335 g/mol. The number of carbonyl (C=O) groups excluding carboxylic acids is 2. The van der Waals surface area contributed by atoms with Crippen LogP contribution in [0.3, 0.4) is 0 Å². The third-order valence-electron chi connectivity index (χ3n) is 4.86. The number of benzene rings is 1. The van der Waals surface area contributed by atoms with Gasteiger partial charge in [0.05, 0.1) is 23.9 Å². The minimum atomic E-state index is -1.33. The highest BCUT2D eigenvalue weighted by atomic mass is 19.2. The Hall–Kier alpha value is -2.51. The Labute approximate surface area is 143 Å². The molecule has 1 N–H and O–H groups in total. The van der Waals surface area contributed by atoms with E-state index in [1.165, 1.54) is 11.9 Å². The van der Waals surface area contributed by atoms with Crippen LogP contribution >= 0.6 is 0 Å². The van der Waals surface area contributed by atoms with Gasteiger partial charge >= 0.3 is 6.03 Å². The van der Waals surface area contributed by atoms with Crippen molar-refractivity contribution < 1.29 is 22.8 Å². The van der Waals surface area contributed by atoms with Crippen LogP contribution < -0.4 is 5.32 Å². The Morgan fingerprint density at radius 3 is 2.48 bits per heavy atom. The molecule has 0 saturated carbocycles. The molecule has 0 bridgehead atoms. The van der Waals surface area contributed by atoms with Crippen LogP contribution in [0.2, 0.25) is 0 Å². The van der Waals surface area contributed by atoms with Gasteiger partial charge in [-0.3, -0.25) is 9.69 Å². The number of amides is 3. The zero-order valence-electron chi connectivity index (χ0n) is 14.1. The largest absolute Gasteiger partial charge is 0.330 e. The smallest absolute Gasteiger partial charge is 0.322 e. The lowest BCUT2D eigenvalue weighted by molar-refractivity contribution is -0.127. The fourth-order valence-electron chi connectivity index (χ4n) is 3.16. The Morgan fingerprint density at radius 2 is 1.84 bits per heavy atom. The molecule has 5 nitrogen and oxygen atoms in total. The predicted octanol–water partition coefficient (Wildman–Crippen LogP) is 2.69. The summed E-state index contributed by atoms with van der Waals surface area (Å²) in [4.78, 5) is 27.9. The Kier molecular flexibility index (Phi) is 4.22. The van der Waals surface area contributed by atoms with Gasteiger partial charge < -0.3 is 10.2 Å². The molecule has 0 aromatic heterocycles. The minimum Gasteiger partial charge on any atom is -0.330 e. The number of rotatable bonds is 3. The zero-order chi connectivity index (χ0) is 18.5. The third kappa shape index (κ3) is 2.65. The highest BCUT2D eigenvalue weighted by Crippen LogP contribution is 2.37. The van der Waals surface area contributed by atoms with E-state index < -0.39 is 29.5 Å². The SMILES string of the molecule is CC[C@H](C)N1CC2=C(C1=O)[C@H](c1cc(F)c(F)cc1F)NC(=O)N2C. The molecule has 0 saturated heterocycles. The topological polar surface area (TPSA) is 52.7 Å². The highest BCUT2D eigenvalue weighted by molar-refractivity contribution is 6.01. The number of hydrogen-bond donors (Lipinski definition) is 1. The molecule has 0 radical (unpaired) electrons. The summed E-state index contributed by atoms with van der Waals surface area (Å²) < 4.78 is 41.1. The zero-order valence-corrected chi connectivity index (χ0v) is 14.1. The lowest BCUT2D eigenvalue weighted by Gasteiger charge is -2.31. The Balaban J connectivity index is 2.10. The lowest BCUT2D eigenvalue weighted by Crippen LogP contribution is -2.45. The summed E-state index contributed by atoms with van der Waals surface area (Å²) in [6, 6.07) is -0.662. The predicted molar refractivity (Wildman–Crippen MR) is 83.8 cm³/mol. The Bertz CT molecular complexity index is 794. The maximum atomic E-state index is 14.2. The van der Waals surface area contributed by atoms with E-state index in [4.69, 9.17) is 0 Å². The molecule has 2 atom stereocenters. The first-order valence-corrected chi connectivity index (χ1v) is 7.98. The second-order valence-electron chi connectivity index (χ2n) is 6.28. The second-order valence-corrected chi connectivity index (χ2v) is 6.28. The van der Waals surface area contributed by atoms with Crippen LogP contribution in [0, 0.1) is 17.5 Å². The summed E-state index contributed by atoms with van der Waals surface area (Å²) in [6.07, 6.45) is 0.710. The molecule has 0 fully saturated rings. The average Bonchev–Trinajstić information content (AvgIpc) is 2.92. The van der Waals surface area contributed by atoms with Gasteiger partial charge in [-0.05, 0) is 19.4 Å². The molecule has 1 aromatic rings. The van der Waals surface area contributed by atoms with Crippen molar-refractivity contribution in [2.75, 3.05) is 13.6 Å². The van der Waals surface area contributed by atoms with Gasteiger partial charge in [-0.25, -0.2) is 18.0 Å². The standard InChI is InChI=1S/C17H18F3N3O2/c1-4-8(2)23-7-13-14(16(23)24)15(21-17(25)22(13)3)9-5-11(19)12(20)6-10(9)18/h5-6,8,15H,4,7H2,1-3H3,(H,21,25)/t8-,15-/m0/s1. The number of nitrogens with zero attached hydrogens (tertiary/aromatic N) is 2. The second kappa shape index (κ2) is 6.09. The van der Waals surface area contributed by atoms with Crippen molar-refractivity contribution >= 4 is 11.9 Å². The quantitative estimate of drug-likeness (QED) is 0.850. The summed E-state index contributed by atoms with van der Waals surface area (Å²) in [7, 11) is 1.51. The van der Waals surface area contributed by atoms with Gasteiger partial charge in [-0.15, -0.1) is 0 Å². The van der Waals surface area contributed by atoms with Gasteiger partial charge in [0.25, 0.3) is 5.91 Å². The van der Waals surface area contributed by atoms with E-state index >= 15 is 0 Å². The van der Waals surface area contributed by atoms with E-state index in [9.17, 15) is 22.8 Å². The van der Waals surface area contributed by atoms with Gasteiger partial charge in [0, 0.05) is 24.7 Å². The molecule has 134 valence electrons. The van der Waals surface area contributed by atoms with Gasteiger partial charge in [0.15, 0.2) is 11.6 Å². The Morgan fingerprint density at radius 1 is 1.20 bits per heavy atom. The van der Waals surface area contributed by atoms with Crippen LogP contribution in [0.5, 0.6) is 0 Å². The average molecular weight is 353 g/mol. The van der Waals surface area contributed by atoms with E-state index in [-0.39, 0.29) is 29.6 Å². The van der Waals surface area contributed by atoms with Gasteiger partial charge in [0.1, 0.15) is 5.82 Å². The number of halogens is 3. The van der Waals surface area contributed by atoms with Crippen LogP contribution in [-0.4, -0.2) is 41.4 Å². The first-order valence-electron chi connectivity index (χ1n) is 7.98. The fraction of sp³-hybridized carbons (Fsp3) is 0.412. The van der Waals surface area contributed by atoms with Crippen molar-refractivity contribution in [1.29, 1.82) is 0 Å². The molecule has 3 rings (SSSR count).